The van der Waals surface area contributed by atoms with Crippen molar-refractivity contribution in [3.05, 3.63) is 0 Å². The molecule has 4 heteroatoms. The molecule has 0 heterocycles. The van der Waals surface area contributed by atoms with Crippen LogP contribution in [0.5, 0.6) is 0 Å². The topological polar surface area (TPSA) is 55.1 Å². The summed E-state index contributed by atoms with van der Waals surface area (Å²) in [5.41, 5.74) is 5.42. The zero-order chi connectivity index (χ0) is 13.8. The lowest BCUT2D eigenvalue weighted by molar-refractivity contribution is -0.122. The van der Waals surface area contributed by atoms with Crippen LogP contribution in [0, 0.1) is 5.92 Å². The molecule has 0 rings (SSSR count). The Morgan fingerprint density at radius 2 is 1.61 bits per heavy atom. The lowest BCUT2D eigenvalue weighted by Gasteiger charge is -2.10. The number of hydrogen-bond donors (Lipinski definition) is 2. The molecule has 3 nitrogen and oxygen atoms in total. The quantitative estimate of drug-likeness (QED) is 0.449. The van der Waals surface area contributed by atoms with Gasteiger partial charge in [0.15, 0.2) is 0 Å². The van der Waals surface area contributed by atoms with E-state index in [1.165, 1.54) is 44.9 Å². The maximum absolute atomic E-state index is 11.5. The second-order valence-corrected chi connectivity index (χ2v) is 5.36. The number of carbonyl (C=O) groups excluding carboxylic acids is 1. The number of hydrogen-bond acceptors (Lipinski definition) is 2. The Morgan fingerprint density at radius 3 is 2.11 bits per heavy atom. The molecule has 0 fully saturated rings. The molecule has 0 saturated heterocycles. The van der Waals surface area contributed by atoms with Gasteiger partial charge in [-0.15, -0.1) is 0 Å². The van der Waals surface area contributed by atoms with Crippen LogP contribution < -0.4 is 11.1 Å². The normalized spacial score (nSPS) is 12.1. The molecule has 0 radical (unpaired) electrons. The molecule has 0 aromatic rings. The molecule has 106 valence electrons. The van der Waals surface area contributed by atoms with Gasteiger partial charge >= 0.3 is 0 Å². The number of nitrogens with two attached hydrogens (primary N) is 1. The molecule has 0 aliphatic carbocycles. The molecule has 0 aliphatic rings. The van der Waals surface area contributed by atoms with Gasteiger partial charge in [-0.05, 0) is 13.3 Å². The van der Waals surface area contributed by atoms with Crippen molar-refractivity contribution in [3.63, 3.8) is 0 Å². The molecule has 1 amide bonds. The second-order valence-electron chi connectivity index (χ2n) is 4.89. The lowest BCUT2D eigenvalue weighted by Crippen LogP contribution is -2.36. The highest BCUT2D eigenvalue weighted by molar-refractivity contribution is 7.80. The van der Waals surface area contributed by atoms with E-state index in [4.69, 9.17) is 18.0 Å². The minimum Gasteiger partial charge on any atom is -0.393 e. The van der Waals surface area contributed by atoms with Crippen molar-refractivity contribution >= 4 is 23.1 Å². The van der Waals surface area contributed by atoms with Gasteiger partial charge in [0.05, 0.1) is 10.9 Å². The Kier molecular flexibility index (Phi) is 11.0. The maximum atomic E-state index is 11.5. The minimum absolute atomic E-state index is 0.0505. The van der Waals surface area contributed by atoms with Crippen LogP contribution >= 0.6 is 12.2 Å². The van der Waals surface area contributed by atoms with Crippen molar-refractivity contribution in [2.75, 3.05) is 6.54 Å². The predicted molar refractivity (Wildman–Crippen MR) is 81.6 cm³/mol. The average molecular weight is 272 g/mol. The first-order valence-corrected chi connectivity index (χ1v) is 7.57. The van der Waals surface area contributed by atoms with Crippen LogP contribution in [0.1, 0.15) is 65.2 Å². The van der Waals surface area contributed by atoms with E-state index >= 15 is 0 Å². The molecule has 0 aliphatic heterocycles. The fourth-order valence-corrected chi connectivity index (χ4v) is 1.86. The largest absolute Gasteiger partial charge is 0.393 e. The summed E-state index contributed by atoms with van der Waals surface area (Å²) < 4.78 is 0. The van der Waals surface area contributed by atoms with E-state index in [0.717, 1.165) is 13.0 Å². The van der Waals surface area contributed by atoms with E-state index in [9.17, 15) is 4.79 Å². The van der Waals surface area contributed by atoms with Crippen LogP contribution in [0.4, 0.5) is 0 Å². The fraction of sp³-hybridized carbons (Fsp3) is 0.857. The van der Waals surface area contributed by atoms with Gasteiger partial charge < -0.3 is 11.1 Å². The summed E-state index contributed by atoms with van der Waals surface area (Å²) in [4.78, 5) is 11.8. The number of amides is 1. The van der Waals surface area contributed by atoms with E-state index in [1.54, 1.807) is 6.92 Å². The Hall–Kier alpha value is -0.640. The molecule has 0 aromatic carbocycles. The van der Waals surface area contributed by atoms with E-state index in [0.29, 0.717) is 0 Å². The summed E-state index contributed by atoms with van der Waals surface area (Å²) in [7, 11) is 0. The van der Waals surface area contributed by atoms with E-state index in [2.05, 4.69) is 12.2 Å². The molecular weight excluding hydrogens is 244 g/mol. The number of carbonyl (C=O) groups is 1. The molecule has 0 saturated carbocycles. The van der Waals surface area contributed by atoms with E-state index in [1.807, 2.05) is 0 Å². The van der Waals surface area contributed by atoms with Crippen LogP contribution in [0.15, 0.2) is 0 Å². The van der Waals surface area contributed by atoms with Crippen LogP contribution in [-0.4, -0.2) is 17.4 Å². The molecule has 1 atom stereocenters. The van der Waals surface area contributed by atoms with Crippen LogP contribution in [0.3, 0.4) is 0 Å². The van der Waals surface area contributed by atoms with Gasteiger partial charge in [-0.3, -0.25) is 4.79 Å². The van der Waals surface area contributed by atoms with Gasteiger partial charge in [0.25, 0.3) is 0 Å². The highest BCUT2D eigenvalue weighted by atomic mass is 32.1. The third-order valence-corrected chi connectivity index (χ3v) is 3.50. The van der Waals surface area contributed by atoms with Gasteiger partial charge in [-0.25, -0.2) is 0 Å². The van der Waals surface area contributed by atoms with Gasteiger partial charge in [0.1, 0.15) is 0 Å². The predicted octanol–water partition coefficient (Wildman–Crippen LogP) is 3.17. The third-order valence-electron chi connectivity index (χ3n) is 3.15. The summed E-state index contributed by atoms with van der Waals surface area (Å²) in [6.45, 7) is 4.71. The molecule has 1 unspecified atom stereocenters. The SMILES string of the molecule is CCCCCCCCCCNC(=O)C(C)C(N)=S. The first kappa shape index (κ1) is 17.4. The van der Waals surface area contributed by atoms with Gasteiger partial charge in [-0.2, -0.15) is 0 Å². The van der Waals surface area contributed by atoms with Crippen LogP contribution in [0.2, 0.25) is 0 Å². The summed E-state index contributed by atoms with van der Waals surface area (Å²) in [5.74, 6) is -0.403. The molecule has 18 heavy (non-hydrogen) atoms. The second kappa shape index (κ2) is 11.5. The van der Waals surface area contributed by atoms with Crippen LogP contribution in [-0.2, 0) is 4.79 Å². The Labute approximate surface area is 117 Å². The number of thiocarbonyl (C=S) groups is 1. The van der Waals surface area contributed by atoms with Crippen molar-refractivity contribution < 1.29 is 4.79 Å². The molecule has 0 bridgehead atoms. The summed E-state index contributed by atoms with van der Waals surface area (Å²) in [6.07, 6.45) is 10.2. The van der Waals surface area contributed by atoms with E-state index < -0.39 is 0 Å². The van der Waals surface area contributed by atoms with Crippen molar-refractivity contribution in [2.45, 2.75) is 65.2 Å². The monoisotopic (exact) mass is 272 g/mol. The number of rotatable bonds is 11. The molecule has 0 aromatic heterocycles. The third kappa shape index (κ3) is 9.40. The zero-order valence-corrected chi connectivity index (χ0v) is 12.7. The average Bonchev–Trinajstić information content (AvgIpc) is 2.35. The van der Waals surface area contributed by atoms with Crippen molar-refractivity contribution in [3.8, 4) is 0 Å². The standard InChI is InChI=1S/C14H28N2OS/c1-3-4-5-6-7-8-9-10-11-16-14(17)12(2)13(15)18/h12H,3-11H2,1-2H3,(H2,15,18)(H,16,17). The Morgan fingerprint density at radius 1 is 1.11 bits per heavy atom. The minimum atomic E-state index is -0.353. The summed E-state index contributed by atoms with van der Waals surface area (Å²) in [6, 6.07) is 0. The zero-order valence-electron chi connectivity index (χ0n) is 11.8. The smallest absolute Gasteiger partial charge is 0.229 e. The van der Waals surface area contributed by atoms with Gasteiger partial charge in [0, 0.05) is 6.54 Å². The summed E-state index contributed by atoms with van der Waals surface area (Å²) in [5, 5.41) is 2.87. The number of nitrogens with one attached hydrogen (secondary N) is 1. The van der Waals surface area contributed by atoms with E-state index in [-0.39, 0.29) is 16.8 Å². The fourth-order valence-electron chi connectivity index (χ4n) is 1.75. The lowest BCUT2D eigenvalue weighted by atomic mass is 10.1. The molecular formula is C14H28N2OS. The first-order valence-electron chi connectivity index (χ1n) is 7.16. The summed E-state index contributed by atoms with van der Waals surface area (Å²) >= 11 is 4.78. The maximum Gasteiger partial charge on any atom is 0.229 e. The van der Waals surface area contributed by atoms with Crippen molar-refractivity contribution in [1.82, 2.24) is 5.32 Å². The van der Waals surface area contributed by atoms with Gasteiger partial charge in [0.2, 0.25) is 5.91 Å². The van der Waals surface area contributed by atoms with Crippen LogP contribution in [0.25, 0.3) is 0 Å². The highest BCUT2D eigenvalue weighted by Crippen LogP contribution is 2.07. The van der Waals surface area contributed by atoms with Crippen molar-refractivity contribution in [1.29, 1.82) is 0 Å². The number of unbranched alkanes of at least 4 members (excludes halogenated alkanes) is 7. The first-order chi connectivity index (χ1) is 8.59. The molecule has 3 N–H and O–H groups in total. The van der Waals surface area contributed by atoms with Gasteiger partial charge in [-0.1, -0.05) is 64.1 Å². The molecule has 0 spiro atoms. The Bertz CT molecular complexity index is 244. The highest BCUT2D eigenvalue weighted by Gasteiger charge is 2.14. The van der Waals surface area contributed by atoms with Crippen molar-refractivity contribution in [2.24, 2.45) is 11.7 Å². The Balaban J connectivity index is 3.30.